The molecule has 88 valence electrons. The number of carbonyl (C=O) groups is 1. The van der Waals surface area contributed by atoms with Gasteiger partial charge < -0.3 is 10.6 Å². The van der Waals surface area contributed by atoms with Crippen LogP contribution < -0.4 is 5.73 Å². The standard InChI is InChI=1S/C12H24N2O/c1-4-10-5-7-11(8-6-10)14(3)12(15)9(2)13/h9-11H,4-8,13H2,1-3H3/t9-,10?,11?/m0/s1. The number of amides is 1. The minimum atomic E-state index is -0.362. The third-order valence-electron chi connectivity index (χ3n) is 3.68. The van der Waals surface area contributed by atoms with Gasteiger partial charge in [-0.1, -0.05) is 13.3 Å². The summed E-state index contributed by atoms with van der Waals surface area (Å²) in [6, 6.07) is 0.0604. The maximum Gasteiger partial charge on any atom is 0.239 e. The van der Waals surface area contributed by atoms with Gasteiger partial charge in [0.2, 0.25) is 5.91 Å². The highest BCUT2D eigenvalue weighted by molar-refractivity contribution is 5.81. The van der Waals surface area contributed by atoms with Gasteiger partial charge in [-0.3, -0.25) is 4.79 Å². The third-order valence-corrected chi connectivity index (χ3v) is 3.68. The van der Waals surface area contributed by atoms with E-state index in [1.54, 1.807) is 6.92 Å². The SMILES string of the molecule is CCC1CCC(N(C)C(=O)[C@H](C)N)CC1. The Hall–Kier alpha value is -0.570. The van der Waals surface area contributed by atoms with Gasteiger partial charge in [-0.15, -0.1) is 0 Å². The van der Waals surface area contributed by atoms with Crippen LogP contribution in [0.2, 0.25) is 0 Å². The number of nitrogens with zero attached hydrogens (tertiary/aromatic N) is 1. The van der Waals surface area contributed by atoms with Crippen LogP contribution in [0.5, 0.6) is 0 Å². The second kappa shape index (κ2) is 5.50. The van der Waals surface area contributed by atoms with E-state index in [1.165, 1.54) is 19.3 Å². The molecule has 1 aliphatic rings. The van der Waals surface area contributed by atoms with Crippen molar-refractivity contribution in [1.82, 2.24) is 4.90 Å². The molecule has 0 aromatic rings. The van der Waals surface area contributed by atoms with Crippen molar-refractivity contribution in [3.05, 3.63) is 0 Å². The van der Waals surface area contributed by atoms with Crippen molar-refractivity contribution >= 4 is 5.91 Å². The molecular weight excluding hydrogens is 188 g/mol. The van der Waals surface area contributed by atoms with Crippen LogP contribution in [0.3, 0.4) is 0 Å². The van der Waals surface area contributed by atoms with Gasteiger partial charge >= 0.3 is 0 Å². The Morgan fingerprint density at radius 3 is 2.33 bits per heavy atom. The lowest BCUT2D eigenvalue weighted by Crippen LogP contribution is -2.46. The maximum atomic E-state index is 11.7. The molecule has 1 aliphatic carbocycles. The summed E-state index contributed by atoms with van der Waals surface area (Å²) in [5, 5.41) is 0. The van der Waals surface area contributed by atoms with Gasteiger partial charge in [-0.05, 0) is 38.5 Å². The fourth-order valence-corrected chi connectivity index (χ4v) is 2.44. The Kier molecular flexibility index (Phi) is 4.58. The first-order valence-electron chi connectivity index (χ1n) is 6.08. The van der Waals surface area contributed by atoms with E-state index >= 15 is 0 Å². The molecule has 0 aromatic carbocycles. The lowest BCUT2D eigenvalue weighted by molar-refractivity contribution is -0.133. The summed E-state index contributed by atoms with van der Waals surface area (Å²) in [5.74, 6) is 0.954. The smallest absolute Gasteiger partial charge is 0.239 e. The van der Waals surface area contributed by atoms with E-state index in [1.807, 2.05) is 11.9 Å². The first-order chi connectivity index (χ1) is 7.06. The van der Waals surface area contributed by atoms with Crippen LogP contribution in [0.15, 0.2) is 0 Å². The average Bonchev–Trinajstić information content (AvgIpc) is 2.27. The molecule has 1 saturated carbocycles. The van der Waals surface area contributed by atoms with Crippen LogP contribution >= 0.6 is 0 Å². The number of carbonyl (C=O) groups excluding carboxylic acids is 1. The number of nitrogens with two attached hydrogens (primary N) is 1. The molecule has 1 fully saturated rings. The molecule has 3 nitrogen and oxygen atoms in total. The zero-order valence-corrected chi connectivity index (χ0v) is 10.2. The van der Waals surface area contributed by atoms with Crippen molar-refractivity contribution in [2.24, 2.45) is 11.7 Å². The minimum absolute atomic E-state index is 0.0787. The van der Waals surface area contributed by atoms with Gasteiger partial charge in [0.05, 0.1) is 6.04 Å². The first kappa shape index (κ1) is 12.5. The molecule has 1 rings (SSSR count). The molecule has 1 atom stereocenters. The Balaban J connectivity index is 2.42. The second-order valence-electron chi connectivity index (χ2n) is 4.82. The number of likely N-dealkylation sites (N-methyl/N-ethyl adjacent to an activating group) is 1. The average molecular weight is 212 g/mol. The predicted molar refractivity (Wildman–Crippen MR) is 62.5 cm³/mol. The van der Waals surface area contributed by atoms with E-state index in [-0.39, 0.29) is 11.9 Å². The monoisotopic (exact) mass is 212 g/mol. The fourth-order valence-electron chi connectivity index (χ4n) is 2.44. The van der Waals surface area contributed by atoms with E-state index in [2.05, 4.69) is 6.92 Å². The van der Waals surface area contributed by atoms with Crippen molar-refractivity contribution in [3.63, 3.8) is 0 Å². The normalized spacial score (nSPS) is 28.5. The topological polar surface area (TPSA) is 46.3 Å². The summed E-state index contributed by atoms with van der Waals surface area (Å²) < 4.78 is 0. The summed E-state index contributed by atoms with van der Waals surface area (Å²) in [4.78, 5) is 13.6. The molecule has 0 bridgehead atoms. The highest BCUT2D eigenvalue weighted by Gasteiger charge is 2.26. The van der Waals surface area contributed by atoms with Crippen molar-refractivity contribution in [2.75, 3.05) is 7.05 Å². The zero-order valence-electron chi connectivity index (χ0n) is 10.2. The first-order valence-corrected chi connectivity index (χ1v) is 6.08. The molecule has 0 heterocycles. The van der Waals surface area contributed by atoms with Crippen LogP contribution in [0.4, 0.5) is 0 Å². The van der Waals surface area contributed by atoms with Gasteiger partial charge in [0.25, 0.3) is 0 Å². The summed E-state index contributed by atoms with van der Waals surface area (Å²) in [6.45, 7) is 4.01. The molecule has 3 heteroatoms. The molecule has 0 aliphatic heterocycles. The van der Waals surface area contributed by atoms with Crippen molar-refractivity contribution < 1.29 is 4.79 Å². The summed E-state index contributed by atoms with van der Waals surface area (Å²) in [6.07, 6.45) is 6.09. The van der Waals surface area contributed by atoms with E-state index in [0.717, 1.165) is 18.8 Å². The van der Waals surface area contributed by atoms with Crippen LogP contribution in [-0.2, 0) is 4.79 Å². The fraction of sp³-hybridized carbons (Fsp3) is 0.917. The molecule has 0 radical (unpaired) electrons. The van der Waals surface area contributed by atoms with Gasteiger partial charge in [0.15, 0.2) is 0 Å². The van der Waals surface area contributed by atoms with Gasteiger partial charge in [-0.25, -0.2) is 0 Å². The molecule has 0 aromatic heterocycles. The van der Waals surface area contributed by atoms with E-state index < -0.39 is 0 Å². The quantitative estimate of drug-likeness (QED) is 0.775. The van der Waals surface area contributed by atoms with E-state index in [4.69, 9.17) is 5.73 Å². The largest absolute Gasteiger partial charge is 0.341 e. The highest BCUT2D eigenvalue weighted by atomic mass is 16.2. The molecule has 15 heavy (non-hydrogen) atoms. The van der Waals surface area contributed by atoms with Gasteiger partial charge in [0, 0.05) is 13.1 Å². The number of hydrogen-bond donors (Lipinski definition) is 1. The zero-order chi connectivity index (χ0) is 11.4. The molecule has 0 spiro atoms. The summed E-state index contributed by atoms with van der Waals surface area (Å²) in [5.41, 5.74) is 5.61. The Morgan fingerprint density at radius 2 is 1.93 bits per heavy atom. The van der Waals surface area contributed by atoms with Crippen LogP contribution in [0, 0.1) is 5.92 Å². The Labute approximate surface area is 93.0 Å². The van der Waals surface area contributed by atoms with Crippen molar-refractivity contribution in [2.45, 2.75) is 58.0 Å². The number of rotatable bonds is 3. The van der Waals surface area contributed by atoms with Crippen molar-refractivity contribution in [3.8, 4) is 0 Å². The predicted octanol–water partition coefficient (Wildman–Crippen LogP) is 1.76. The third kappa shape index (κ3) is 3.20. The van der Waals surface area contributed by atoms with Gasteiger partial charge in [0.1, 0.15) is 0 Å². The molecule has 0 unspecified atom stereocenters. The van der Waals surface area contributed by atoms with Crippen LogP contribution in [0.25, 0.3) is 0 Å². The van der Waals surface area contributed by atoms with Crippen LogP contribution in [0.1, 0.15) is 46.0 Å². The van der Waals surface area contributed by atoms with Gasteiger partial charge in [-0.2, -0.15) is 0 Å². The highest BCUT2D eigenvalue weighted by Crippen LogP contribution is 2.28. The molecule has 0 saturated heterocycles. The van der Waals surface area contributed by atoms with E-state index in [9.17, 15) is 4.79 Å². The van der Waals surface area contributed by atoms with E-state index in [0.29, 0.717) is 6.04 Å². The Morgan fingerprint density at radius 1 is 1.40 bits per heavy atom. The lowest BCUT2D eigenvalue weighted by Gasteiger charge is -2.35. The summed E-state index contributed by atoms with van der Waals surface area (Å²) >= 11 is 0. The molecular formula is C12H24N2O. The minimum Gasteiger partial charge on any atom is -0.341 e. The summed E-state index contributed by atoms with van der Waals surface area (Å²) in [7, 11) is 1.89. The molecule has 1 amide bonds. The van der Waals surface area contributed by atoms with Crippen LogP contribution in [-0.4, -0.2) is 29.9 Å². The molecule has 2 N–H and O–H groups in total. The Bertz CT molecular complexity index is 208. The van der Waals surface area contributed by atoms with Crippen molar-refractivity contribution in [1.29, 1.82) is 0 Å². The maximum absolute atomic E-state index is 11.7. The lowest BCUT2D eigenvalue weighted by atomic mass is 9.84. The second-order valence-corrected chi connectivity index (χ2v) is 4.82. The number of hydrogen-bond acceptors (Lipinski definition) is 2.